The number of benzene rings is 1. The van der Waals surface area contributed by atoms with E-state index in [2.05, 4.69) is 16.0 Å². The average Bonchev–Trinajstić information content (AvgIpc) is 2.62. The van der Waals surface area contributed by atoms with E-state index in [1.54, 1.807) is 36.5 Å². The third-order valence-corrected chi connectivity index (χ3v) is 3.50. The minimum Gasteiger partial charge on any atom is -0.439 e. The van der Waals surface area contributed by atoms with Crippen molar-refractivity contribution in [3.63, 3.8) is 0 Å². The predicted molar refractivity (Wildman–Crippen MR) is 82.3 cm³/mol. The van der Waals surface area contributed by atoms with E-state index in [-0.39, 0.29) is 12.6 Å². The second kappa shape index (κ2) is 7.05. The lowest BCUT2D eigenvalue weighted by molar-refractivity contribution is 0.0717. The lowest BCUT2D eigenvalue weighted by Gasteiger charge is -2.34. The van der Waals surface area contributed by atoms with Gasteiger partial charge in [-0.2, -0.15) is 10.2 Å². The van der Waals surface area contributed by atoms with E-state index in [4.69, 9.17) is 14.7 Å². The van der Waals surface area contributed by atoms with Gasteiger partial charge in [0.15, 0.2) is 0 Å². The molecule has 7 heteroatoms. The summed E-state index contributed by atoms with van der Waals surface area (Å²) >= 11 is 0. The van der Waals surface area contributed by atoms with Gasteiger partial charge < -0.3 is 19.5 Å². The number of hydrogen-bond donors (Lipinski definition) is 1. The van der Waals surface area contributed by atoms with Crippen LogP contribution in [0.1, 0.15) is 5.56 Å². The second-order valence-corrected chi connectivity index (χ2v) is 5.04. The highest BCUT2D eigenvalue weighted by atomic mass is 16.5. The summed E-state index contributed by atoms with van der Waals surface area (Å²) in [6, 6.07) is 10.4. The number of nitrogens with zero attached hydrogens (tertiary/aromatic N) is 4. The summed E-state index contributed by atoms with van der Waals surface area (Å²) in [6.45, 7) is 1.58. The molecule has 3 rings (SSSR count). The summed E-state index contributed by atoms with van der Waals surface area (Å²) in [4.78, 5) is 10.5. The molecule has 0 spiro atoms. The van der Waals surface area contributed by atoms with E-state index in [1.165, 1.54) is 0 Å². The van der Waals surface area contributed by atoms with Gasteiger partial charge in [0, 0.05) is 18.8 Å². The molecule has 1 atom stereocenters. The number of aliphatic hydroxyl groups is 1. The largest absolute Gasteiger partial charge is 0.439 e. The van der Waals surface area contributed by atoms with Gasteiger partial charge in [-0.3, -0.25) is 0 Å². The van der Waals surface area contributed by atoms with Crippen molar-refractivity contribution in [2.45, 2.75) is 6.04 Å². The van der Waals surface area contributed by atoms with Crippen LogP contribution in [0.15, 0.2) is 36.5 Å². The van der Waals surface area contributed by atoms with Gasteiger partial charge in [0.1, 0.15) is 5.75 Å². The van der Waals surface area contributed by atoms with Crippen LogP contribution in [0.4, 0.5) is 5.95 Å². The molecule has 0 saturated carbocycles. The first-order valence-corrected chi connectivity index (χ1v) is 7.26. The molecule has 7 nitrogen and oxygen atoms in total. The van der Waals surface area contributed by atoms with Gasteiger partial charge in [-0.05, 0) is 18.2 Å². The van der Waals surface area contributed by atoms with E-state index in [0.717, 1.165) is 0 Å². The first-order chi connectivity index (χ1) is 11.3. The van der Waals surface area contributed by atoms with E-state index >= 15 is 0 Å². The summed E-state index contributed by atoms with van der Waals surface area (Å²) in [5, 5.41) is 18.4. The molecule has 1 aromatic heterocycles. The van der Waals surface area contributed by atoms with Gasteiger partial charge in [0.25, 0.3) is 0 Å². The van der Waals surface area contributed by atoms with Crippen LogP contribution >= 0.6 is 0 Å². The Bertz CT molecular complexity index is 716. The molecule has 118 valence electrons. The Morgan fingerprint density at radius 2 is 2.35 bits per heavy atom. The summed E-state index contributed by atoms with van der Waals surface area (Å²) in [5.41, 5.74) is 0.519. The number of ether oxygens (including phenoxy) is 2. The first-order valence-electron chi connectivity index (χ1n) is 7.26. The Labute approximate surface area is 133 Å². The van der Waals surface area contributed by atoms with Crippen molar-refractivity contribution in [3.8, 4) is 17.7 Å². The van der Waals surface area contributed by atoms with Gasteiger partial charge in [-0.15, -0.1) is 0 Å². The van der Waals surface area contributed by atoms with E-state index in [0.29, 0.717) is 42.9 Å². The number of anilines is 1. The average molecular weight is 312 g/mol. The topological polar surface area (TPSA) is 91.5 Å². The number of nitriles is 1. The maximum Gasteiger partial charge on any atom is 0.229 e. The number of aromatic nitrogens is 2. The summed E-state index contributed by atoms with van der Waals surface area (Å²) in [5.74, 6) is 1.41. The van der Waals surface area contributed by atoms with Crippen LogP contribution < -0.4 is 9.64 Å². The molecule has 1 N–H and O–H groups in total. The standard InChI is InChI=1S/C16H16N4O3/c17-9-12-2-1-3-14(8-12)23-15-4-5-18-16(19-15)20-6-7-22-11-13(20)10-21/h1-5,8,13,21H,6-7,10-11H2/t13-/m1/s1. The van der Waals surface area contributed by atoms with E-state index < -0.39 is 0 Å². The molecular weight excluding hydrogens is 296 g/mol. The van der Waals surface area contributed by atoms with Crippen molar-refractivity contribution in [1.82, 2.24) is 9.97 Å². The number of hydrogen-bond acceptors (Lipinski definition) is 7. The minimum absolute atomic E-state index is 0.0291. The minimum atomic E-state index is -0.166. The molecule has 2 aromatic rings. The fourth-order valence-corrected chi connectivity index (χ4v) is 2.35. The molecule has 2 heterocycles. The Hall–Kier alpha value is -2.69. The molecular formula is C16H16N4O3. The van der Waals surface area contributed by atoms with Crippen molar-refractivity contribution < 1.29 is 14.6 Å². The maximum absolute atomic E-state index is 9.45. The Kier molecular flexibility index (Phi) is 4.66. The molecule has 23 heavy (non-hydrogen) atoms. The van der Waals surface area contributed by atoms with Crippen molar-refractivity contribution in [2.75, 3.05) is 31.3 Å². The summed E-state index contributed by atoms with van der Waals surface area (Å²) in [6.07, 6.45) is 1.61. The predicted octanol–water partition coefficient (Wildman–Crippen LogP) is 1.34. The molecule has 0 radical (unpaired) electrons. The van der Waals surface area contributed by atoms with Crippen molar-refractivity contribution in [2.24, 2.45) is 0 Å². The van der Waals surface area contributed by atoms with E-state index in [1.807, 2.05) is 4.90 Å². The lowest BCUT2D eigenvalue weighted by atomic mass is 10.2. The van der Waals surface area contributed by atoms with Crippen molar-refractivity contribution in [3.05, 3.63) is 42.1 Å². The zero-order valence-corrected chi connectivity index (χ0v) is 12.4. The van der Waals surface area contributed by atoms with Gasteiger partial charge in [-0.1, -0.05) is 6.07 Å². The Morgan fingerprint density at radius 1 is 1.43 bits per heavy atom. The van der Waals surface area contributed by atoms with Crippen LogP contribution in [0, 0.1) is 11.3 Å². The highest BCUT2D eigenvalue weighted by molar-refractivity contribution is 5.39. The fourth-order valence-electron chi connectivity index (χ4n) is 2.35. The quantitative estimate of drug-likeness (QED) is 0.910. The van der Waals surface area contributed by atoms with Gasteiger partial charge in [0.2, 0.25) is 11.8 Å². The van der Waals surface area contributed by atoms with Crippen LogP contribution in [0.25, 0.3) is 0 Å². The Morgan fingerprint density at radius 3 is 3.17 bits per heavy atom. The molecule has 0 amide bonds. The molecule has 1 saturated heterocycles. The smallest absolute Gasteiger partial charge is 0.229 e. The van der Waals surface area contributed by atoms with Crippen LogP contribution in [-0.2, 0) is 4.74 Å². The second-order valence-electron chi connectivity index (χ2n) is 5.04. The first kappa shape index (κ1) is 15.2. The summed E-state index contributed by atoms with van der Waals surface area (Å²) in [7, 11) is 0. The van der Waals surface area contributed by atoms with Crippen molar-refractivity contribution >= 4 is 5.95 Å². The van der Waals surface area contributed by atoms with Gasteiger partial charge in [0.05, 0.1) is 37.5 Å². The van der Waals surface area contributed by atoms with Crippen LogP contribution in [-0.4, -0.2) is 47.5 Å². The molecule has 1 aliphatic rings. The van der Waals surface area contributed by atoms with Gasteiger partial charge in [-0.25, -0.2) is 4.98 Å². The SMILES string of the molecule is N#Cc1cccc(Oc2ccnc(N3CCOC[C@H]3CO)n2)c1. The molecule has 1 fully saturated rings. The summed E-state index contributed by atoms with van der Waals surface area (Å²) < 4.78 is 11.1. The lowest BCUT2D eigenvalue weighted by Crippen LogP contribution is -2.48. The molecule has 0 unspecified atom stereocenters. The molecule has 1 aromatic carbocycles. The third-order valence-electron chi connectivity index (χ3n) is 3.50. The number of aliphatic hydroxyl groups excluding tert-OH is 1. The molecule has 1 aliphatic heterocycles. The highest BCUT2D eigenvalue weighted by Crippen LogP contribution is 2.23. The third kappa shape index (κ3) is 3.56. The highest BCUT2D eigenvalue weighted by Gasteiger charge is 2.24. The van der Waals surface area contributed by atoms with Crippen LogP contribution in [0.3, 0.4) is 0 Å². The normalized spacial score (nSPS) is 17.6. The monoisotopic (exact) mass is 312 g/mol. The van der Waals surface area contributed by atoms with E-state index in [9.17, 15) is 5.11 Å². The fraction of sp³-hybridized carbons (Fsp3) is 0.312. The Balaban J connectivity index is 1.80. The van der Waals surface area contributed by atoms with Crippen molar-refractivity contribution in [1.29, 1.82) is 5.26 Å². The zero-order chi connectivity index (χ0) is 16.1. The van der Waals surface area contributed by atoms with Gasteiger partial charge >= 0.3 is 0 Å². The maximum atomic E-state index is 9.45. The number of morpholine rings is 1. The van der Waals surface area contributed by atoms with Crippen LogP contribution in [0.5, 0.6) is 11.6 Å². The van der Waals surface area contributed by atoms with Crippen LogP contribution in [0.2, 0.25) is 0 Å². The zero-order valence-electron chi connectivity index (χ0n) is 12.4. The molecule has 0 bridgehead atoms. The number of rotatable bonds is 4. The molecule has 0 aliphatic carbocycles.